The van der Waals surface area contributed by atoms with Crippen molar-refractivity contribution in [1.29, 1.82) is 0 Å². The van der Waals surface area contributed by atoms with Gasteiger partial charge in [0.25, 0.3) is 5.91 Å². The van der Waals surface area contributed by atoms with Crippen LogP contribution in [0, 0.1) is 0 Å². The summed E-state index contributed by atoms with van der Waals surface area (Å²) in [7, 11) is 0. The van der Waals surface area contributed by atoms with Gasteiger partial charge in [0.1, 0.15) is 18.6 Å². The second-order valence-corrected chi connectivity index (χ2v) is 6.86. The molecule has 8 heteroatoms. The number of carbonyl (C=O) groups excluding carboxylic acids is 4. The maximum atomic E-state index is 13.0. The predicted octanol–water partition coefficient (Wildman–Crippen LogP) is 1.44. The molecule has 8 nitrogen and oxygen atoms in total. The SMILES string of the molecule is C[C@]1(c2ccccc2)NC(=O)N(CC(=O)N2CC(=O)Nc3ccccc32)C1=O. The summed E-state index contributed by atoms with van der Waals surface area (Å²) in [5.41, 5.74) is 0.435. The second kappa shape index (κ2) is 6.49. The van der Waals surface area contributed by atoms with Crippen molar-refractivity contribution in [2.75, 3.05) is 23.3 Å². The highest BCUT2D eigenvalue weighted by Gasteiger charge is 2.49. The largest absolute Gasteiger partial charge is 0.325 e. The number of rotatable bonds is 3. The van der Waals surface area contributed by atoms with Crippen LogP contribution in [0.2, 0.25) is 0 Å². The molecule has 2 N–H and O–H groups in total. The van der Waals surface area contributed by atoms with Crippen molar-refractivity contribution in [3.63, 3.8) is 0 Å². The van der Waals surface area contributed by atoms with Crippen LogP contribution in [0.5, 0.6) is 0 Å². The van der Waals surface area contributed by atoms with Gasteiger partial charge in [-0.3, -0.25) is 24.2 Å². The number of nitrogens with one attached hydrogen (secondary N) is 2. The van der Waals surface area contributed by atoms with Crippen molar-refractivity contribution in [2.24, 2.45) is 0 Å². The van der Waals surface area contributed by atoms with Crippen LogP contribution in [0.1, 0.15) is 12.5 Å². The molecule has 0 spiro atoms. The minimum absolute atomic E-state index is 0.171. The molecule has 2 aromatic rings. The van der Waals surface area contributed by atoms with Crippen LogP contribution >= 0.6 is 0 Å². The van der Waals surface area contributed by atoms with E-state index in [-0.39, 0.29) is 12.5 Å². The minimum atomic E-state index is -1.24. The lowest BCUT2D eigenvalue weighted by atomic mass is 9.92. The summed E-state index contributed by atoms with van der Waals surface area (Å²) >= 11 is 0. The van der Waals surface area contributed by atoms with Gasteiger partial charge in [0.2, 0.25) is 11.8 Å². The number of anilines is 2. The first kappa shape index (κ1) is 17.7. The highest BCUT2D eigenvalue weighted by molar-refractivity contribution is 6.14. The van der Waals surface area contributed by atoms with Gasteiger partial charge in [-0.1, -0.05) is 42.5 Å². The molecular weight excluding hydrogens is 360 g/mol. The number of fused-ring (bicyclic) bond motifs is 1. The maximum absolute atomic E-state index is 13.0. The van der Waals surface area contributed by atoms with Gasteiger partial charge in [-0.05, 0) is 24.6 Å². The molecular formula is C20H18N4O4. The Morgan fingerprint density at radius 3 is 2.46 bits per heavy atom. The van der Waals surface area contributed by atoms with Gasteiger partial charge in [0, 0.05) is 0 Å². The van der Waals surface area contributed by atoms with E-state index in [0.717, 1.165) is 4.90 Å². The summed E-state index contributed by atoms with van der Waals surface area (Å²) in [6.07, 6.45) is 0. The van der Waals surface area contributed by atoms with Crippen molar-refractivity contribution >= 4 is 35.1 Å². The van der Waals surface area contributed by atoms with E-state index in [2.05, 4.69) is 10.6 Å². The average Bonchev–Trinajstić information content (AvgIpc) is 2.92. The number of urea groups is 1. The molecule has 5 amide bonds. The summed E-state index contributed by atoms with van der Waals surface area (Å²) in [6, 6.07) is 15.1. The Morgan fingerprint density at radius 1 is 1.04 bits per heavy atom. The van der Waals surface area contributed by atoms with Gasteiger partial charge in [-0.15, -0.1) is 0 Å². The molecule has 0 aromatic heterocycles. The topological polar surface area (TPSA) is 98.8 Å². The zero-order valence-electron chi connectivity index (χ0n) is 15.1. The number of nitrogens with zero attached hydrogens (tertiary/aromatic N) is 2. The van der Waals surface area contributed by atoms with Gasteiger partial charge in [-0.2, -0.15) is 0 Å². The molecule has 0 bridgehead atoms. The van der Waals surface area contributed by atoms with Gasteiger partial charge in [0.05, 0.1) is 11.4 Å². The highest BCUT2D eigenvalue weighted by Crippen LogP contribution is 2.31. The number of benzene rings is 2. The van der Waals surface area contributed by atoms with E-state index in [1.807, 2.05) is 6.07 Å². The van der Waals surface area contributed by atoms with E-state index < -0.39 is 29.9 Å². The lowest BCUT2D eigenvalue weighted by Gasteiger charge is -2.30. The molecule has 28 heavy (non-hydrogen) atoms. The fraction of sp³-hybridized carbons (Fsp3) is 0.200. The Balaban J connectivity index is 1.58. The van der Waals surface area contributed by atoms with Crippen molar-refractivity contribution in [3.8, 4) is 0 Å². The summed E-state index contributed by atoms with van der Waals surface area (Å²) in [6.45, 7) is 0.987. The molecule has 2 aromatic carbocycles. The van der Waals surface area contributed by atoms with Gasteiger partial charge in [0.15, 0.2) is 0 Å². The normalized spacial score (nSPS) is 21.2. The molecule has 1 atom stereocenters. The maximum Gasteiger partial charge on any atom is 0.325 e. The van der Waals surface area contributed by atoms with E-state index in [0.29, 0.717) is 16.9 Å². The zero-order valence-corrected chi connectivity index (χ0v) is 15.1. The van der Waals surface area contributed by atoms with Gasteiger partial charge in [-0.25, -0.2) is 4.79 Å². The Morgan fingerprint density at radius 2 is 1.71 bits per heavy atom. The van der Waals surface area contributed by atoms with E-state index in [9.17, 15) is 19.2 Å². The van der Waals surface area contributed by atoms with Crippen LogP contribution < -0.4 is 15.5 Å². The molecule has 0 radical (unpaired) electrons. The van der Waals surface area contributed by atoms with E-state index in [1.165, 1.54) is 4.90 Å². The number of hydrogen-bond donors (Lipinski definition) is 2. The highest BCUT2D eigenvalue weighted by atomic mass is 16.2. The molecule has 2 heterocycles. The average molecular weight is 378 g/mol. The first-order valence-corrected chi connectivity index (χ1v) is 8.79. The zero-order chi connectivity index (χ0) is 19.9. The number of imide groups is 1. The Hall–Kier alpha value is -3.68. The fourth-order valence-corrected chi connectivity index (χ4v) is 3.48. The predicted molar refractivity (Wildman–Crippen MR) is 101 cm³/mol. The van der Waals surface area contributed by atoms with Crippen LogP contribution in [-0.4, -0.2) is 41.7 Å². The monoisotopic (exact) mass is 378 g/mol. The lowest BCUT2D eigenvalue weighted by Crippen LogP contribution is -2.48. The first-order chi connectivity index (χ1) is 13.4. The third kappa shape index (κ3) is 2.79. The third-order valence-corrected chi connectivity index (χ3v) is 4.99. The lowest BCUT2D eigenvalue weighted by molar-refractivity contribution is -0.134. The van der Waals surface area contributed by atoms with Crippen molar-refractivity contribution in [2.45, 2.75) is 12.5 Å². The Kier molecular flexibility index (Phi) is 4.11. The molecule has 2 aliphatic rings. The first-order valence-electron chi connectivity index (χ1n) is 8.79. The Bertz CT molecular complexity index is 991. The summed E-state index contributed by atoms with van der Waals surface area (Å²) in [5, 5.41) is 5.37. The smallest absolute Gasteiger partial charge is 0.323 e. The van der Waals surface area contributed by atoms with Crippen molar-refractivity contribution < 1.29 is 19.2 Å². The van der Waals surface area contributed by atoms with E-state index in [4.69, 9.17) is 0 Å². The Labute approximate surface area is 161 Å². The minimum Gasteiger partial charge on any atom is -0.323 e. The van der Waals surface area contributed by atoms with Crippen LogP contribution in [-0.2, 0) is 19.9 Å². The number of para-hydroxylation sites is 2. The third-order valence-electron chi connectivity index (χ3n) is 4.99. The van der Waals surface area contributed by atoms with Crippen molar-refractivity contribution in [1.82, 2.24) is 10.2 Å². The summed E-state index contributed by atoms with van der Waals surface area (Å²) in [4.78, 5) is 52.4. The molecule has 1 saturated heterocycles. The van der Waals surface area contributed by atoms with E-state index >= 15 is 0 Å². The standard InChI is InChI=1S/C20H18N4O4/c1-20(13-7-3-2-4-8-13)18(27)24(19(28)22-20)12-17(26)23-11-16(25)21-14-9-5-6-10-15(14)23/h2-10H,11-12H2,1H3,(H,21,25)(H,22,28)/t20-/m1/s1. The molecule has 4 rings (SSSR count). The van der Waals surface area contributed by atoms with Gasteiger partial charge >= 0.3 is 6.03 Å². The molecule has 0 aliphatic carbocycles. The molecule has 142 valence electrons. The van der Waals surface area contributed by atoms with Crippen LogP contribution in [0.15, 0.2) is 54.6 Å². The molecule has 1 fully saturated rings. The van der Waals surface area contributed by atoms with Crippen LogP contribution in [0.25, 0.3) is 0 Å². The summed E-state index contributed by atoms with van der Waals surface area (Å²) < 4.78 is 0. The number of carbonyl (C=O) groups is 4. The van der Waals surface area contributed by atoms with Crippen LogP contribution in [0.3, 0.4) is 0 Å². The van der Waals surface area contributed by atoms with Gasteiger partial charge < -0.3 is 10.6 Å². The molecule has 0 saturated carbocycles. The number of amides is 5. The quantitative estimate of drug-likeness (QED) is 0.790. The van der Waals surface area contributed by atoms with Crippen molar-refractivity contribution in [3.05, 3.63) is 60.2 Å². The second-order valence-electron chi connectivity index (χ2n) is 6.86. The van der Waals surface area contributed by atoms with E-state index in [1.54, 1.807) is 55.5 Å². The van der Waals surface area contributed by atoms with Crippen LogP contribution in [0.4, 0.5) is 16.2 Å². The fourth-order valence-electron chi connectivity index (χ4n) is 3.48. The molecule has 2 aliphatic heterocycles. The number of hydrogen-bond acceptors (Lipinski definition) is 4. The molecule has 0 unspecified atom stereocenters. The summed E-state index contributed by atoms with van der Waals surface area (Å²) in [5.74, 6) is -1.35.